The van der Waals surface area contributed by atoms with Gasteiger partial charge in [0.2, 0.25) is 0 Å². The number of hydrogen-bond donors (Lipinski definition) is 1. The third kappa shape index (κ3) is 5.19. The lowest BCUT2D eigenvalue weighted by atomic mass is 10.1. The summed E-state index contributed by atoms with van der Waals surface area (Å²) >= 11 is 1.72. The molecule has 0 aliphatic rings. The van der Waals surface area contributed by atoms with Gasteiger partial charge in [-0.3, -0.25) is 0 Å². The van der Waals surface area contributed by atoms with Crippen molar-refractivity contribution in [2.24, 2.45) is 0 Å². The van der Waals surface area contributed by atoms with Crippen molar-refractivity contribution < 1.29 is 8.42 Å². The van der Waals surface area contributed by atoms with E-state index in [4.69, 9.17) is 0 Å². The van der Waals surface area contributed by atoms with E-state index in [1.54, 1.807) is 18.3 Å². The van der Waals surface area contributed by atoms with E-state index in [-0.39, 0.29) is 11.5 Å². The average molecular weight is 275 g/mol. The molecular weight excluding hydrogens is 254 g/mol. The van der Waals surface area contributed by atoms with Crippen LogP contribution in [0.1, 0.15) is 37.6 Å². The largest absolute Gasteiger partial charge is 0.308 e. The van der Waals surface area contributed by atoms with Crippen LogP contribution in [0.25, 0.3) is 0 Å². The van der Waals surface area contributed by atoms with Crippen molar-refractivity contribution in [3.05, 3.63) is 22.4 Å². The molecule has 0 aliphatic heterocycles. The zero-order chi connectivity index (χ0) is 12.7. The van der Waals surface area contributed by atoms with Crippen molar-refractivity contribution in [3.63, 3.8) is 0 Å². The molecule has 0 fully saturated rings. The van der Waals surface area contributed by atoms with E-state index in [1.807, 2.05) is 6.07 Å². The molecule has 0 bridgehead atoms. The zero-order valence-corrected chi connectivity index (χ0v) is 12.1. The summed E-state index contributed by atoms with van der Waals surface area (Å²) in [4.78, 5) is 1.29. The van der Waals surface area contributed by atoms with Crippen LogP contribution in [0, 0.1) is 0 Å². The lowest BCUT2D eigenvalue weighted by Gasteiger charge is -2.16. The fourth-order valence-corrected chi connectivity index (χ4v) is 3.21. The average Bonchev–Trinajstić information content (AvgIpc) is 2.81. The van der Waals surface area contributed by atoms with Crippen LogP contribution in [0.4, 0.5) is 0 Å². The molecular formula is C12H21NO2S2. The minimum absolute atomic E-state index is 0.228. The fourth-order valence-electron chi connectivity index (χ4n) is 1.66. The first kappa shape index (κ1) is 14.7. The van der Waals surface area contributed by atoms with Gasteiger partial charge in [0, 0.05) is 23.2 Å². The Morgan fingerprint density at radius 1 is 1.41 bits per heavy atom. The predicted octanol–water partition coefficient (Wildman–Crippen LogP) is 2.61. The first-order valence-corrected chi connectivity index (χ1v) is 8.76. The van der Waals surface area contributed by atoms with Gasteiger partial charge in [0.1, 0.15) is 0 Å². The molecule has 3 nitrogen and oxygen atoms in total. The lowest BCUT2D eigenvalue weighted by molar-refractivity contribution is 0.513. The van der Waals surface area contributed by atoms with Crippen LogP contribution >= 0.6 is 11.3 Å². The molecule has 1 rings (SSSR count). The van der Waals surface area contributed by atoms with Gasteiger partial charge in [0.15, 0.2) is 9.84 Å². The Balaban J connectivity index is 2.46. The van der Waals surface area contributed by atoms with Gasteiger partial charge in [-0.2, -0.15) is 0 Å². The molecule has 1 aromatic rings. The fraction of sp³-hybridized carbons (Fsp3) is 0.667. The summed E-state index contributed by atoms with van der Waals surface area (Å²) in [6.07, 6.45) is 2.14. The van der Waals surface area contributed by atoms with Gasteiger partial charge in [-0.1, -0.05) is 26.3 Å². The highest BCUT2D eigenvalue weighted by molar-refractivity contribution is 7.91. The molecule has 0 saturated carbocycles. The van der Waals surface area contributed by atoms with Crippen LogP contribution in [0.2, 0.25) is 0 Å². The summed E-state index contributed by atoms with van der Waals surface area (Å²) in [5.74, 6) is 0.460. The molecule has 0 aromatic carbocycles. The van der Waals surface area contributed by atoms with Gasteiger partial charge in [-0.15, -0.1) is 11.3 Å². The van der Waals surface area contributed by atoms with Crippen LogP contribution in [0.3, 0.4) is 0 Å². The molecule has 1 unspecified atom stereocenters. The van der Waals surface area contributed by atoms with Crippen LogP contribution in [0.5, 0.6) is 0 Å². The summed E-state index contributed by atoms with van der Waals surface area (Å²) in [5.41, 5.74) is 0. The van der Waals surface area contributed by atoms with Gasteiger partial charge in [-0.05, 0) is 17.9 Å². The Bertz CT molecular complexity index is 398. The number of sulfone groups is 1. The second-order valence-electron chi connectivity index (χ2n) is 4.05. The quantitative estimate of drug-likeness (QED) is 0.793. The van der Waals surface area contributed by atoms with E-state index in [2.05, 4.69) is 23.7 Å². The Morgan fingerprint density at radius 2 is 2.18 bits per heavy atom. The maximum atomic E-state index is 11.4. The van der Waals surface area contributed by atoms with Crippen molar-refractivity contribution in [1.29, 1.82) is 0 Å². The third-order valence-corrected chi connectivity index (χ3v) is 5.40. The van der Waals surface area contributed by atoms with Crippen molar-refractivity contribution in [2.45, 2.75) is 32.7 Å². The van der Waals surface area contributed by atoms with Crippen LogP contribution in [0.15, 0.2) is 17.5 Å². The molecule has 5 heteroatoms. The normalized spacial score (nSPS) is 13.8. The molecule has 1 atom stereocenters. The van der Waals surface area contributed by atoms with Gasteiger partial charge < -0.3 is 5.32 Å². The highest BCUT2D eigenvalue weighted by Gasteiger charge is 2.13. The molecule has 17 heavy (non-hydrogen) atoms. The first-order chi connectivity index (χ1) is 8.09. The van der Waals surface area contributed by atoms with Crippen LogP contribution < -0.4 is 5.32 Å². The first-order valence-electron chi connectivity index (χ1n) is 6.06. The van der Waals surface area contributed by atoms with Crippen LogP contribution in [-0.2, 0) is 9.84 Å². The smallest absolute Gasteiger partial charge is 0.151 e. The Hall–Kier alpha value is -0.390. The van der Waals surface area contributed by atoms with Crippen molar-refractivity contribution in [3.8, 4) is 0 Å². The second kappa shape index (κ2) is 7.13. The summed E-state index contributed by atoms with van der Waals surface area (Å²) < 4.78 is 22.8. The molecule has 0 amide bonds. The number of rotatable bonds is 8. The maximum absolute atomic E-state index is 11.4. The van der Waals surface area contributed by atoms with Crippen molar-refractivity contribution in [2.75, 3.05) is 18.1 Å². The molecule has 0 radical (unpaired) electrons. The Morgan fingerprint density at radius 3 is 2.71 bits per heavy atom. The number of hydrogen-bond acceptors (Lipinski definition) is 4. The number of thiophene rings is 1. The van der Waals surface area contributed by atoms with E-state index < -0.39 is 9.84 Å². The molecule has 1 aromatic heterocycles. The lowest BCUT2D eigenvalue weighted by Crippen LogP contribution is -2.27. The van der Waals surface area contributed by atoms with E-state index in [1.165, 1.54) is 4.88 Å². The molecule has 1 N–H and O–H groups in total. The topological polar surface area (TPSA) is 46.2 Å². The van der Waals surface area contributed by atoms with Crippen molar-refractivity contribution >= 4 is 21.2 Å². The summed E-state index contributed by atoms with van der Waals surface area (Å²) in [7, 11) is -2.86. The molecule has 0 aliphatic carbocycles. The Kier molecular flexibility index (Phi) is 6.16. The highest BCUT2D eigenvalue weighted by atomic mass is 32.2. The standard InChI is InChI=1S/C12H21NO2S2/c1-3-6-11(12-7-5-9-16-12)13-8-10-17(14,15)4-2/h5,7,9,11,13H,3-4,6,8,10H2,1-2H3. The SMILES string of the molecule is CCCC(NCCS(=O)(=O)CC)c1cccs1. The van der Waals surface area contributed by atoms with Gasteiger partial charge in [0.05, 0.1) is 5.75 Å². The summed E-state index contributed by atoms with van der Waals surface area (Å²) in [5, 5.41) is 5.40. The molecule has 98 valence electrons. The number of nitrogens with one attached hydrogen (secondary N) is 1. The molecule has 1 heterocycles. The Labute approximate surface area is 108 Å². The molecule has 0 saturated heterocycles. The van der Waals surface area contributed by atoms with Gasteiger partial charge in [0.25, 0.3) is 0 Å². The second-order valence-corrected chi connectivity index (χ2v) is 7.50. The maximum Gasteiger partial charge on any atom is 0.151 e. The van der Waals surface area contributed by atoms with E-state index in [0.29, 0.717) is 12.6 Å². The van der Waals surface area contributed by atoms with Gasteiger partial charge >= 0.3 is 0 Å². The van der Waals surface area contributed by atoms with Crippen molar-refractivity contribution in [1.82, 2.24) is 5.32 Å². The van der Waals surface area contributed by atoms with E-state index in [0.717, 1.165) is 12.8 Å². The van der Waals surface area contributed by atoms with E-state index >= 15 is 0 Å². The van der Waals surface area contributed by atoms with Gasteiger partial charge in [-0.25, -0.2) is 8.42 Å². The summed E-state index contributed by atoms with van der Waals surface area (Å²) in [6.45, 7) is 4.38. The zero-order valence-electron chi connectivity index (χ0n) is 10.5. The minimum atomic E-state index is -2.86. The monoisotopic (exact) mass is 275 g/mol. The third-order valence-electron chi connectivity index (χ3n) is 2.71. The summed E-state index contributed by atoms with van der Waals surface area (Å²) in [6, 6.07) is 4.44. The highest BCUT2D eigenvalue weighted by Crippen LogP contribution is 2.22. The molecule has 0 spiro atoms. The minimum Gasteiger partial charge on any atom is -0.308 e. The predicted molar refractivity (Wildman–Crippen MR) is 74.3 cm³/mol. The van der Waals surface area contributed by atoms with E-state index in [9.17, 15) is 8.42 Å². The van der Waals surface area contributed by atoms with Crippen LogP contribution in [-0.4, -0.2) is 26.5 Å².